The molecule has 104 valence electrons. The van der Waals surface area contributed by atoms with Gasteiger partial charge in [0.15, 0.2) is 0 Å². The molecule has 0 aromatic rings. The fourth-order valence-electron chi connectivity index (χ4n) is 1.94. The molecule has 1 N–H and O–H groups in total. The summed E-state index contributed by atoms with van der Waals surface area (Å²) in [6.45, 7) is 5.30. The minimum atomic E-state index is -4.33. The summed E-state index contributed by atoms with van der Waals surface area (Å²) < 4.78 is 38.5. The average Bonchev–Trinajstić information content (AvgIpc) is 2.27. The number of hydrogen-bond donors (Lipinski definition) is 1. The molecular weight excluding hydrogens is 247 g/mol. The number of hydrogen-bond acceptors (Lipinski definition) is 2. The maximum absolute atomic E-state index is 12.8. The van der Waals surface area contributed by atoms with E-state index in [-0.39, 0.29) is 25.7 Å². The van der Waals surface area contributed by atoms with Crippen molar-refractivity contribution < 1.29 is 18.0 Å². The van der Waals surface area contributed by atoms with E-state index < -0.39 is 18.2 Å². The molecular formula is C11H18F3N3O. The molecule has 2 unspecified atom stereocenters. The predicted molar refractivity (Wildman–Crippen MR) is 62.2 cm³/mol. The number of nitrogens with zero attached hydrogens (tertiary/aromatic N) is 2. The molecule has 1 saturated heterocycles. The third kappa shape index (κ3) is 3.38. The number of amides is 2. The highest BCUT2D eigenvalue weighted by Gasteiger charge is 2.47. The van der Waals surface area contributed by atoms with Crippen LogP contribution in [0.1, 0.15) is 6.92 Å². The Labute approximate surface area is 104 Å². The van der Waals surface area contributed by atoms with Crippen LogP contribution in [0.5, 0.6) is 0 Å². The van der Waals surface area contributed by atoms with Crippen molar-refractivity contribution in [3.8, 4) is 0 Å². The van der Waals surface area contributed by atoms with Crippen LogP contribution < -0.4 is 5.32 Å². The lowest BCUT2D eigenvalue weighted by Gasteiger charge is -2.44. The van der Waals surface area contributed by atoms with E-state index in [0.717, 1.165) is 0 Å². The van der Waals surface area contributed by atoms with E-state index in [1.165, 1.54) is 22.9 Å². The molecule has 0 spiro atoms. The van der Waals surface area contributed by atoms with Crippen LogP contribution in [0, 0.1) is 0 Å². The molecule has 0 aliphatic carbocycles. The van der Waals surface area contributed by atoms with Gasteiger partial charge in [0.05, 0.1) is 0 Å². The second kappa shape index (κ2) is 5.60. The SMILES string of the molecule is C=CCNC(=O)N1CC(C)N(C)C(C(F)(F)F)C1. The van der Waals surface area contributed by atoms with Crippen molar-refractivity contribution in [3.05, 3.63) is 12.7 Å². The first kappa shape index (κ1) is 14.8. The van der Waals surface area contributed by atoms with Gasteiger partial charge in [0, 0.05) is 25.7 Å². The fraction of sp³-hybridized carbons (Fsp3) is 0.727. The number of carbonyl (C=O) groups excluding carboxylic acids is 1. The van der Waals surface area contributed by atoms with E-state index in [4.69, 9.17) is 0 Å². The van der Waals surface area contributed by atoms with E-state index in [9.17, 15) is 18.0 Å². The summed E-state index contributed by atoms with van der Waals surface area (Å²) in [6.07, 6.45) is -2.85. The van der Waals surface area contributed by atoms with E-state index >= 15 is 0 Å². The average molecular weight is 265 g/mol. The number of nitrogens with one attached hydrogen (secondary N) is 1. The quantitative estimate of drug-likeness (QED) is 0.767. The van der Waals surface area contributed by atoms with Gasteiger partial charge in [-0.25, -0.2) is 4.79 Å². The molecule has 2 atom stereocenters. The van der Waals surface area contributed by atoms with Gasteiger partial charge >= 0.3 is 12.2 Å². The zero-order valence-electron chi connectivity index (χ0n) is 10.5. The highest BCUT2D eigenvalue weighted by molar-refractivity contribution is 5.74. The summed E-state index contributed by atoms with van der Waals surface area (Å²) >= 11 is 0. The lowest BCUT2D eigenvalue weighted by atomic mass is 10.1. The number of urea groups is 1. The Bertz CT molecular complexity index is 319. The Kier molecular flexibility index (Phi) is 4.61. The van der Waals surface area contributed by atoms with Crippen molar-refractivity contribution in [2.75, 3.05) is 26.7 Å². The Morgan fingerprint density at radius 2 is 2.11 bits per heavy atom. The number of halogens is 3. The molecule has 18 heavy (non-hydrogen) atoms. The van der Waals surface area contributed by atoms with Crippen LogP contribution >= 0.6 is 0 Å². The zero-order valence-corrected chi connectivity index (χ0v) is 10.5. The lowest BCUT2D eigenvalue weighted by molar-refractivity contribution is -0.196. The van der Waals surface area contributed by atoms with Gasteiger partial charge in [-0.15, -0.1) is 6.58 Å². The molecule has 0 saturated carbocycles. The lowest BCUT2D eigenvalue weighted by Crippen LogP contribution is -2.63. The molecule has 7 heteroatoms. The fourth-order valence-corrected chi connectivity index (χ4v) is 1.94. The van der Waals surface area contributed by atoms with Crippen molar-refractivity contribution in [2.45, 2.75) is 25.2 Å². The molecule has 2 amide bonds. The van der Waals surface area contributed by atoms with Gasteiger partial charge in [-0.2, -0.15) is 13.2 Å². The van der Waals surface area contributed by atoms with Crippen molar-refractivity contribution in [1.29, 1.82) is 0 Å². The Morgan fingerprint density at radius 3 is 2.61 bits per heavy atom. The number of piperazine rings is 1. The largest absolute Gasteiger partial charge is 0.405 e. The van der Waals surface area contributed by atoms with Crippen LogP contribution in [0.4, 0.5) is 18.0 Å². The third-order valence-electron chi connectivity index (χ3n) is 3.13. The molecule has 1 aliphatic heterocycles. The summed E-state index contributed by atoms with van der Waals surface area (Å²) in [6, 6.07) is -2.43. The number of alkyl halides is 3. The van der Waals surface area contributed by atoms with Gasteiger partial charge in [0.2, 0.25) is 0 Å². The topological polar surface area (TPSA) is 35.6 Å². The van der Waals surface area contributed by atoms with Crippen LogP contribution in [-0.2, 0) is 0 Å². The van der Waals surface area contributed by atoms with Gasteiger partial charge in [0.1, 0.15) is 6.04 Å². The second-order valence-electron chi connectivity index (χ2n) is 4.45. The third-order valence-corrected chi connectivity index (χ3v) is 3.13. The zero-order chi connectivity index (χ0) is 13.9. The first-order valence-electron chi connectivity index (χ1n) is 5.69. The highest BCUT2D eigenvalue weighted by atomic mass is 19.4. The van der Waals surface area contributed by atoms with Crippen LogP contribution in [0.3, 0.4) is 0 Å². The van der Waals surface area contributed by atoms with Gasteiger partial charge in [-0.1, -0.05) is 6.08 Å². The van der Waals surface area contributed by atoms with E-state index in [0.29, 0.717) is 0 Å². The number of rotatable bonds is 2. The molecule has 1 fully saturated rings. The van der Waals surface area contributed by atoms with E-state index in [2.05, 4.69) is 11.9 Å². The van der Waals surface area contributed by atoms with Crippen LogP contribution in [-0.4, -0.2) is 60.8 Å². The Hall–Kier alpha value is -1.24. The maximum Gasteiger partial charge on any atom is 0.405 e. The summed E-state index contributed by atoms with van der Waals surface area (Å²) in [4.78, 5) is 14.1. The van der Waals surface area contributed by atoms with Crippen molar-refractivity contribution in [1.82, 2.24) is 15.1 Å². The molecule has 1 heterocycles. The van der Waals surface area contributed by atoms with Gasteiger partial charge in [-0.05, 0) is 14.0 Å². The molecule has 4 nitrogen and oxygen atoms in total. The molecule has 1 aliphatic rings. The van der Waals surface area contributed by atoms with Crippen molar-refractivity contribution >= 4 is 6.03 Å². The van der Waals surface area contributed by atoms with Gasteiger partial charge < -0.3 is 10.2 Å². The summed E-state index contributed by atoms with van der Waals surface area (Å²) in [5.41, 5.74) is 0. The Balaban J connectivity index is 2.73. The maximum atomic E-state index is 12.8. The van der Waals surface area contributed by atoms with Crippen molar-refractivity contribution in [3.63, 3.8) is 0 Å². The summed E-state index contributed by atoms with van der Waals surface area (Å²) in [7, 11) is 1.43. The number of likely N-dealkylation sites (N-methyl/N-ethyl adjacent to an activating group) is 1. The Morgan fingerprint density at radius 1 is 1.50 bits per heavy atom. The van der Waals surface area contributed by atoms with E-state index in [1.54, 1.807) is 6.92 Å². The molecule has 0 aromatic heterocycles. The van der Waals surface area contributed by atoms with Gasteiger partial charge in [-0.3, -0.25) is 4.90 Å². The van der Waals surface area contributed by atoms with Crippen LogP contribution in [0.25, 0.3) is 0 Å². The second-order valence-corrected chi connectivity index (χ2v) is 4.45. The predicted octanol–water partition coefficient (Wildman–Crippen LogP) is 1.45. The van der Waals surface area contributed by atoms with Crippen molar-refractivity contribution in [2.24, 2.45) is 0 Å². The molecule has 1 rings (SSSR count). The summed E-state index contributed by atoms with van der Waals surface area (Å²) in [5.74, 6) is 0. The van der Waals surface area contributed by atoms with Gasteiger partial charge in [0.25, 0.3) is 0 Å². The molecule has 0 radical (unpaired) electrons. The molecule has 0 bridgehead atoms. The first-order chi connectivity index (χ1) is 8.27. The smallest absolute Gasteiger partial charge is 0.335 e. The summed E-state index contributed by atoms with van der Waals surface area (Å²) in [5, 5.41) is 2.49. The first-order valence-corrected chi connectivity index (χ1v) is 5.69. The van der Waals surface area contributed by atoms with Crippen LogP contribution in [0.15, 0.2) is 12.7 Å². The van der Waals surface area contributed by atoms with E-state index in [1.807, 2.05) is 0 Å². The van der Waals surface area contributed by atoms with Crippen LogP contribution in [0.2, 0.25) is 0 Å². The standard InChI is InChI=1S/C11H18F3N3O/c1-4-5-15-10(18)17-6-8(2)16(3)9(7-17)11(12,13)14/h4,8-9H,1,5-7H2,2-3H3,(H,15,18). The monoisotopic (exact) mass is 265 g/mol. The molecule has 0 aromatic carbocycles. The minimum Gasteiger partial charge on any atom is -0.335 e. The highest BCUT2D eigenvalue weighted by Crippen LogP contribution is 2.28. The minimum absolute atomic E-state index is 0.246. The number of carbonyl (C=O) groups is 1. The normalized spacial score (nSPS) is 25.9.